The quantitative estimate of drug-likeness (QED) is 0.870. The molecular weight excluding hydrogens is 344 g/mol. The minimum Gasteiger partial charge on any atom is -0.326 e. The Kier molecular flexibility index (Phi) is 4.36. The lowest BCUT2D eigenvalue weighted by Crippen LogP contribution is -2.16. The normalized spacial score (nSPS) is 11.3. The SMILES string of the molecule is Cc1cc(CN)cc(S(=O)(=O)Nc2cccnn2)c1Br. The predicted octanol–water partition coefficient (Wildman–Crippen LogP) is 1.81. The molecule has 0 radical (unpaired) electrons. The standard InChI is InChI=1S/C12H13BrN4O2S/c1-8-5-9(7-14)6-10(12(8)13)20(18,19)17-11-3-2-4-15-16-11/h2-6H,7,14H2,1H3,(H,16,17). The van der Waals surface area contributed by atoms with Gasteiger partial charge in [0, 0.05) is 17.2 Å². The number of anilines is 1. The van der Waals surface area contributed by atoms with E-state index in [4.69, 9.17) is 5.73 Å². The molecule has 20 heavy (non-hydrogen) atoms. The molecule has 2 rings (SSSR count). The number of benzene rings is 1. The molecule has 8 heteroatoms. The summed E-state index contributed by atoms with van der Waals surface area (Å²) in [6, 6.07) is 6.50. The lowest BCUT2D eigenvalue weighted by molar-refractivity contribution is 0.600. The van der Waals surface area contributed by atoms with Crippen molar-refractivity contribution in [1.82, 2.24) is 10.2 Å². The Labute approximate surface area is 125 Å². The highest BCUT2D eigenvalue weighted by atomic mass is 79.9. The van der Waals surface area contributed by atoms with Crippen LogP contribution >= 0.6 is 15.9 Å². The Morgan fingerprint density at radius 1 is 1.40 bits per heavy atom. The average molecular weight is 357 g/mol. The number of hydrogen-bond acceptors (Lipinski definition) is 5. The van der Waals surface area contributed by atoms with Crippen molar-refractivity contribution in [3.05, 3.63) is 46.1 Å². The molecule has 0 spiro atoms. The minimum atomic E-state index is -3.75. The zero-order chi connectivity index (χ0) is 14.8. The fourth-order valence-electron chi connectivity index (χ4n) is 1.67. The molecule has 0 saturated heterocycles. The number of aromatic nitrogens is 2. The van der Waals surface area contributed by atoms with E-state index < -0.39 is 10.0 Å². The summed E-state index contributed by atoms with van der Waals surface area (Å²) in [4.78, 5) is 0.128. The van der Waals surface area contributed by atoms with E-state index in [1.807, 2.05) is 13.0 Å². The summed E-state index contributed by atoms with van der Waals surface area (Å²) in [7, 11) is -3.75. The van der Waals surface area contributed by atoms with Crippen LogP contribution in [0.1, 0.15) is 11.1 Å². The topological polar surface area (TPSA) is 98.0 Å². The van der Waals surface area contributed by atoms with E-state index in [2.05, 4.69) is 30.8 Å². The third-order valence-electron chi connectivity index (χ3n) is 2.62. The number of aryl methyl sites for hydroxylation is 1. The van der Waals surface area contributed by atoms with Gasteiger partial charge in [-0.3, -0.25) is 4.72 Å². The highest BCUT2D eigenvalue weighted by Gasteiger charge is 2.20. The smallest absolute Gasteiger partial charge is 0.264 e. The molecule has 6 nitrogen and oxygen atoms in total. The van der Waals surface area contributed by atoms with Crippen LogP contribution in [0.25, 0.3) is 0 Å². The first kappa shape index (κ1) is 14.9. The van der Waals surface area contributed by atoms with Gasteiger partial charge in [0.2, 0.25) is 0 Å². The molecule has 0 fully saturated rings. The van der Waals surface area contributed by atoms with Crippen LogP contribution in [0.4, 0.5) is 5.82 Å². The second kappa shape index (κ2) is 5.86. The zero-order valence-corrected chi connectivity index (χ0v) is 13.1. The minimum absolute atomic E-state index is 0.128. The fourth-order valence-corrected chi connectivity index (χ4v) is 3.74. The van der Waals surface area contributed by atoms with Crippen LogP contribution < -0.4 is 10.5 Å². The zero-order valence-electron chi connectivity index (χ0n) is 10.7. The average Bonchev–Trinajstić information content (AvgIpc) is 2.42. The molecule has 0 bridgehead atoms. The van der Waals surface area contributed by atoms with Gasteiger partial charge in [0.05, 0.1) is 0 Å². The van der Waals surface area contributed by atoms with Crippen molar-refractivity contribution < 1.29 is 8.42 Å². The summed E-state index contributed by atoms with van der Waals surface area (Å²) >= 11 is 3.30. The lowest BCUT2D eigenvalue weighted by atomic mass is 10.1. The van der Waals surface area contributed by atoms with Crippen molar-refractivity contribution in [3.63, 3.8) is 0 Å². The van der Waals surface area contributed by atoms with Crippen molar-refractivity contribution in [2.24, 2.45) is 5.73 Å². The van der Waals surface area contributed by atoms with Gasteiger partial charge >= 0.3 is 0 Å². The maximum absolute atomic E-state index is 12.4. The summed E-state index contributed by atoms with van der Waals surface area (Å²) in [5.41, 5.74) is 7.12. The number of sulfonamides is 1. The van der Waals surface area contributed by atoms with Crippen molar-refractivity contribution >= 4 is 31.8 Å². The van der Waals surface area contributed by atoms with E-state index in [0.29, 0.717) is 4.47 Å². The van der Waals surface area contributed by atoms with Gasteiger partial charge in [-0.2, -0.15) is 5.10 Å². The van der Waals surface area contributed by atoms with Crippen LogP contribution in [0, 0.1) is 6.92 Å². The maximum atomic E-state index is 12.4. The molecule has 0 aliphatic heterocycles. The Morgan fingerprint density at radius 2 is 2.15 bits per heavy atom. The van der Waals surface area contributed by atoms with E-state index in [1.54, 1.807) is 6.07 Å². The second-order valence-corrected chi connectivity index (χ2v) is 6.59. The maximum Gasteiger partial charge on any atom is 0.264 e. The van der Waals surface area contributed by atoms with Gasteiger partial charge in [0.15, 0.2) is 5.82 Å². The summed E-state index contributed by atoms with van der Waals surface area (Å²) in [5.74, 6) is 0.162. The van der Waals surface area contributed by atoms with E-state index >= 15 is 0 Å². The molecule has 0 aliphatic carbocycles. The molecule has 1 aromatic heterocycles. The van der Waals surface area contributed by atoms with Gasteiger partial charge in [0.25, 0.3) is 10.0 Å². The first-order valence-corrected chi connectivity index (χ1v) is 8.01. The van der Waals surface area contributed by atoms with E-state index in [9.17, 15) is 8.42 Å². The first-order valence-electron chi connectivity index (χ1n) is 5.73. The molecule has 0 aliphatic rings. The molecule has 1 aromatic carbocycles. The van der Waals surface area contributed by atoms with E-state index in [1.165, 1.54) is 18.3 Å². The van der Waals surface area contributed by atoms with Gasteiger partial charge in [-0.25, -0.2) is 8.42 Å². The number of rotatable bonds is 4. The van der Waals surface area contributed by atoms with Crippen LogP contribution in [-0.2, 0) is 16.6 Å². The van der Waals surface area contributed by atoms with Gasteiger partial charge in [-0.05, 0) is 52.2 Å². The summed E-state index contributed by atoms with van der Waals surface area (Å²) in [6.45, 7) is 2.08. The Morgan fingerprint density at radius 3 is 2.75 bits per heavy atom. The van der Waals surface area contributed by atoms with Crippen molar-refractivity contribution in [1.29, 1.82) is 0 Å². The van der Waals surface area contributed by atoms with Gasteiger partial charge in [-0.1, -0.05) is 6.07 Å². The van der Waals surface area contributed by atoms with Crippen molar-refractivity contribution in [2.45, 2.75) is 18.4 Å². The molecule has 1 heterocycles. The first-order chi connectivity index (χ1) is 9.44. The molecule has 106 valence electrons. The summed E-state index contributed by atoms with van der Waals surface area (Å²) in [5, 5.41) is 7.33. The van der Waals surface area contributed by atoms with Crippen molar-refractivity contribution in [2.75, 3.05) is 4.72 Å². The van der Waals surface area contributed by atoms with Crippen LogP contribution in [-0.4, -0.2) is 18.6 Å². The van der Waals surface area contributed by atoms with Gasteiger partial charge < -0.3 is 5.73 Å². The monoisotopic (exact) mass is 356 g/mol. The lowest BCUT2D eigenvalue weighted by Gasteiger charge is -2.12. The number of halogens is 1. The second-order valence-electron chi connectivity index (χ2n) is 4.14. The van der Waals surface area contributed by atoms with Crippen LogP contribution in [0.5, 0.6) is 0 Å². The van der Waals surface area contributed by atoms with Crippen LogP contribution in [0.2, 0.25) is 0 Å². The molecule has 0 amide bonds. The molecule has 2 aromatic rings. The Balaban J connectivity index is 2.47. The molecule has 0 saturated carbocycles. The van der Waals surface area contributed by atoms with E-state index in [0.717, 1.165) is 11.1 Å². The van der Waals surface area contributed by atoms with Crippen LogP contribution in [0.3, 0.4) is 0 Å². The largest absolute Gasteiger partial charge is 0.326 e. The Hall–Kier alpha value is -1.51. The summed E-state index contributed by atoms with van der Waals surface area (Å²) < 4.78 is 27.7. The predicted molar refractivity (Wildman–Crippen MR) is 79.6 cm³/mol. The summed E-state index contributed by atoms with van der Waals surface area (Å²) in [6.07, 6.45) is 1.47. The van der Waals surface area contributed by atoms with E-state index in [-0.39, 0.29) is 17.3 Å². The number of hydrogen-bond donors (Lipinski definition) is 2. The number of nitrogens with one attached hydrogen (secondary N) is 1. The highest BCUT2D eigenvalue weighted by Crippen LogP contribution is 2.28. The molecule has 3 N–H and O–H groups in total. The van der Waals surface area contributed by atoms with Gasteiger partial charge in [-0.15, -0.1) is 5.10 Å². The third-order valence-corrected chi connectivity index (χ3v) is 5.31. The molecule has 0 unspecified atom stereocenters. The van der Waals surface area contributed by atoms with Gasteiger partial charge in [0.1, 0.15) is 4.90 Å². The number of nitrogens with two attached hydrogens (primary N) is 1. The van der Waals surface area contributed by atoms with Crippen LogP contribution in [0.15, 0.2) is 39.8 Å². The number of nitrogens with zero attached hydrogens (tertiary/aromatic N) is 2. The molecular formula is C12H13BrN4O2S. The fraction of sp³-hybridized carbons (Fsp3) is 0.167. The Bertz CT molecular complexity index is 720. The highest BCUT2D eigenvalue weighted by molar-refractivity contribution is 9.10. The van der Waals surface area contributed by atoms with Crippen molar-refractivity contribution in [3.8, 4) is 0 Å². The third kappa shape index (κ3) is 3.14. The molecule has 0 atom stereocenters.